The summed E-state index contributed by atoms with van der Waals surface area (Å²) in [6.45, 7) is 4.27. The molecule has 0 saturated heterocycles. The molecule has 1 aromatic rings. The van der Waals surface area contributed by atoms with E-state index in [0.717, 1.165) is 0 Å². The van der Waals surface area contributed by atoms with E-state index in [1.54, 1.807) is 26.0 Å². The van der Waals surface area contributed by atoms with Gasteiger partial charge < -0.3 is 5.11 Å². The molecule has 0 unspecified atom stereocenters. The molecule has 0 radical (unpaired) electrons. The van der Waals surface area contributed by atoms with E-state index in [9.17, 15) is 9.90 Å². The normalized spacial score (nSPS) is 11.8. The summed E-state index contributed by atoms with van der Waals surface area (Å²) >= 11 is 0. The number of hydrogen-bond acceptors (Lipinski definition) is 3. The van der Waals surface area contributed by atoms with E-state index in [0.29, 0.717) is 18.7 Å². The molecule has 1 N–H and O–H groups in total. The van der Waals surface area contributed by atoms with Gasteiger partial charge in [0.25, 0.3) is 0 Å². The number of Topliss-reactive ketones (excluding diaryl/α,β-unsaturated/α-hetero) is 1. The highest BCUT2D eigenvalue weighted by Crippen LogP contribution is 2.05. The van der Waals surface area contributed by atoms with Crippen LogP contribution in [0, 0.1) is 0 Å². The van der Waals surface area contributed by atoms with Crippen molar-refractivity contribution in [1.82, 2.24) is 4.90 Å². The van der Waals surface area contributed by atoms with Crippen molar-refractivity contribution in [1.29, 1.82) is 0 Å². The average molecular weight is 221 g/mol. The van der Waals surface area contributed by atoms with Crippen LogP contribution in [0.1, 0.15) is 24.2 Å². The van der Waals surface area contributed by atoms with Gasteiger partial charge in [-0.05, 0) is 20.9 Å². The van der Waals surface area contributed by atoms with Gasteiger partial charge in [0.1, 0.15) is 0 Å². The van der Waals surface area contributed by atoms with Gasteiger partial charge in [-0.3, -0.25) is 9.69 Å². The molecular formula is C13H19NO2. The molecule has 0 aromatic heterocycles. The van der Waals surface area contributed by atoms with Gasteiger partial charge in [-0.1, -0.05) is 30.3 Å². The van der Waals surface area contributed by atoms with Crippen LogP contribution in [-0.2, 0) is 0 Å². The topological polar surface area (TPSA) is 40.5 Å². The fraction of sp³-hybridized carbons (Fsp3) is 0.462. The third-order valence-corrected chi connectivity index (χ3v) is 2.17. The predicted molar refractivity (Wildman–Crippen MR) is 64.6 cm³/mol. The Kier molecular flexibility index (Phi) is 4.21. The second-order valence-electron chi connectivity index (χ2n) is 4.77. The van der Waals surface area contributed by atoms with Crippen LogP contribution >= 0.6 is 0 Å². The van der Waals surface area contributed by atoms with Crippen molar-refractivity contribution in [3.05, 3.63) is 35.9 Å². The lowest BCUT2D eigenvalue weighted by Gasteiger charge is -2.24. The number of likely N-dealkylation sites (N-methyl/N-ethyl adjacent to an activating group) is 1. The molecule has 3 nitrogen and oxygen atoms in total. The minimum Gasteiger partial charge on any atom is -0.389 e. The van der Waals surface area contributed by atoms with Gasteiger partial charge in [-0.25, -0.2) is 0 Å². The standard InChI is InChI=1S/C13H19NO2/c1-13(2,16)10-14(3)9-12(15)11-7-5-4-6-8-11/h4-8,16H,9-10H2,1-3H3. The van der Waals surface area contributed by atoms with Gasteiger partial charge >= 0.3 is 0 Å². The van der Waals surface area contributed by atoms with Crippen LogP contribution in [0.15, 0.2) is 30.3 Å². The lowest BCUT2D eigenvalue weighted by Crippen LogP contribution is -2.38. The Morgan fingerprint density at radius 2 is 1.88 bits per heavy atom. The van der Waals surface area contributed by atoms with Crippen molar-refractivity contribution >= 4 is 5.78 Å². The first-order valence-corrected chi connectivity index (χ1v) is 5.38. The highest BCUT2D eigenvalue weighted by atomic mass is 16.3. The summed E-state index contributed by atoms with van der Waals surface area (Å²) in [4.78, 5) is 13.6. The van der Waals surface area contributed by atoms with Crippen molar-refractivity contribution in [2.24, 2.45) is 0 Å². The van der Waals surface area contributed by atoms with Gasteiger partial charge in [0, 0.05) is 12.1 Å². The zero-order valence-corrected chi connectivity index (χ0v) is 10.1. The molecule has 0 heterocycles. The smallest absolute Gasteiger partial charge is 0.176 e. The van der Waals surface area contributed by atoms with Crippen LogP contribution in [0.25, 0.3) is 0 Å². The fourth-order valence-electron chi connectivity index (χ4n) is 1.68. The maximum atomic E-state index is 11.8. The first-order chi connectivity index (χ1) is 7.38. The Balaban J connectivity index is 2.53. The van der Waals surface area contributed by atoms with Crippen molar-refractivity contribution in [2.45, 2.75) is 19.4 Å². The van der Waals surface area contributed by atoms with E-state index in [-0.39, 0.29) is 5.78 Å². The summed E-state index contributed by atoms with van der Waals surface area (Å²) in [6.07, 6.45) is 0. The van der Waals surface area contributed by atoms with Crippen molar-refractivity contribution in [3.63, 3.8) is 0 Å². The molecule has 1 rings (SSSR count). The van der Waals surface area contributed by atoms with E-state index in [1.807, 2.05) is 30.1 Å². The Bertz CT molecular complexity index is 341. The summed E-state index contributed by atoms with van der Waals surface area (Å²) in [5.74, 6) is 0.0763. The maximum absolute atomic E-state index is 11.8. The van der Waals surface area contributed by atoms with E-state index >= 15 is 0 Å². The van der Waals surface area contributed by atoms with Gasteiger partial charge in [-0.15, -0.1) is 0 Å². The van der Waals surface area contributed by atoms with E-state index in [1.165, 1.54) is 0 Å². The second kappa shape index (κ2) is 5.23. The van der Waals surface area contributed by atoms with Crippen LogP contribution in [0.5, 0.6) is 0 Å². The second-order valence-corrected chi connectivity index (χ2v) is 4.77. The molecule has 3 heteroatoms. The number of aliphatic hydroxyl groups is 1. The predicted octanol–water partition coefficient (Wildman–Crippen LogP) is 1.57. The molecule has 0 aliphatic rings. The lowest BCUT2D eigenvalue weighted by atomic mass is 10.1. The Hall–Kier alpha value is -1.19. The summed E-state index contributed by atoms with van der Waals surface area (Å²) in [5, 5.41) is 9.62. The highest BCUT2D eigenvalue weighted by Gasteiger charge is 2.17. The number of carbonyl (C=O) groups is 1. The summed E-state index contributed by atoms with van der Waals surface area (Å²) in [7, 11) is 1.83. The van der Waals surface area contributed by atoms with Gasteiger partial charge in [0.2, 0.25) is 0 Å². The molecule has 0 amide bonds. The van der Waals surface area contributed by atoms with Crippen LogP contribution in [0.3, 0.4) is 0 Å². The molecule has 0 bridgehead atoms. The monoisotopic (exact) mass is 221 g/mol. The van der Waals surface area contributed by atoms with Gasteiger partial charge in [0.05, 0.1) is 12.1 Å². The zero-order valence-electron chi connectivity index (χ0n) is 10.1. The fourth-order valence-corrected chi connectivity index (χ4v) is 1.68. The zero-order chi connectivity index (χ0) is 12.2. The Labute approximate surface area is 96.7 Å². The van der Waals surface area contributed by atoms with Gasteiger partial charge in [0.15, 0.2) is 5.78 Å². The maximum Gasteiger partial charge on any atom is 0.176 e. The lowest BCUT2D eigenvalue weighted by molar-refractivity contribution is 0.0439. The number of hydrogen-bond donors (Lipinski definition) is 1. The molecule has 0 atom stereocenters. The minimum absolute atomic E-state index is 0.0763. The molecule has 0 spiro atoms. The number of benzene rings is 1. The highest BCUT2D eigenvalue weighted by molar-refractivity contribution is 5.97. The summed E-state index contributed by atoms with van der Waals surface area (Å²) < 4.78 is 0. The number of nitrogens with zero attached hydrogens (tertiary/aromatic N) is 1. The molecule has 88 valence electrons. The molecule has 1 aromatic carbocycles. The third-order valence-electron chi connectivity index (χ3n) is 2.17. The van der Waals surface area contributed by atoms with Crippen LogP contribution < -0.4 is 0 Å². The number of carbonyl (C=O) groups excluding carboxylic acids is 1. The van der Waals surface area contributed by atoms with Crippen LogP contribution in [0.4, 0.5) is 0 Å². The molecule has 16 heavy (non-hydrogen) atoms. The molecular weight excluding hydrogens is 202 g/mol. The molecule has 0 aliphatic carbocycles. The third kappa shape index (κ3) is 4.55. The quantitative estimate of drug-likeness (QED) is 0.767. The van der Waals surface area contributed by atoms with Crippen molar-refractivity contribution in [3.8, 4) is 0 Å². The number of rotatable bonds is 5. The van der Waals surface area contributed by atoms with Crippen molar-refractivity contribution in [2.75, 3.05) is 20.1 Å². The van der Waals surface area contributed by atoms with Crippen molar-refractivity contribution < 1.29 is 9.90 Å². The SMILES string of the molecule is CN(CC(=O)c1ccccc1)CC(C)(C)O. The van der Waals surface area contributed by atoms with Crippen LogP contribution in [0.2, 0.25) is 0 Å². The average Bonchev–Trinajstić information content (AvgIpc) is 2.16. The van der Waals surface area contributed by atoms with E-state index < -0.39 is 5.60 Å². The summed E-state index contributed by atoms with van der Waals surface area (Å²) in [6, 6.07) is 9.20. The first kappa shape index (κ1) is 12.9. The molecule has 0 aliphatic heterocycles. The van der Waals surface area contributed by atoms with E-state index in [2.05, 4.69) is 0 Å². The molecule has 0 fully saturated rings. The van der Waals surface area contributed by atoms with Crippen LogP contribution in [-0.4, -0.2) is 41.5 Å². The van der Waals surface area contributed by atoms with E-state index in [4.69, 9.17) is 0 Å². The Morgan fingerprint density at radius 1 is 1.31 bits per heavy atom. The minimum atomic E-state index is -0.772. The number of ketones is 1. The Morgan fingerprint density at radius 3 is 2.38 bits per heavy atom. The van der Waals surface area contributed by atoms with Gasteiger partial charge in [-0.2, -0.15) is 0 Å². The molecule has 0 saturated carbocycles. The summed E-state index contributed by atoms with van der Waals surface area (Å²) in [5.41, 5.74) is -0.0591. The first-order valence-electron chi connectivity index (χ1n) is 5.38. The largest absolute Gasteiger partial charge is 0.389 e.